The number of rotatable bonds is 5. The van der Waals surface area contributed by atoms with Crippen molar-refractivity contribution in [1.29, 1.82) is 0 Å². The molecule has 2 aromatic rings. The van der Waals surface area contributed by atoms with Gasteiger partial charge in [-0.2, -0.15) is 0 Å². The lowest BCUT2D eigenvalue weighted by molar-refractivity contribution is -0.119. The molecule has 1 aliphatic carbocycles. The fourth-order valence-corrected chi connectivity index (χ4v) is 3.38. The van der Waals surface area contributed by atoms with E-state index < -0.39 is 0 Å². The summed E-state index contributed by atoms with van der Waals surface area (Å²) in [6.45, 7) is 0.808. The molecule has 0 bridgehead atoms. The van der Waals surface area contributed by atoms with Gasteiger partial charge >= 0.3 is 0 Å². The van der Waals surface area contributed by atoms with Crippen LogP contribution in [-0.4, -0.2) is 30.9 Å². The lowest BCUT2D eigenvalue weighted by Gasteiger charge is -2.29. The standard InChI is InChI=1S/C21H22N2O/c1-3-15-23(20-14-13-17-9-7-8-12-19(17)20)16-21(24)22(2)18-10-5-4-6-11-18/h1,4-12,20H,13-16H2,2H3. The minimum Gasteiger partial charge on any atom is -0.314 e. The first kappa shape index (κ1) is 16.3. The van der Waals surface area contributed by atoms with Gasteiger partial charge in [-0.05, 0) is 36.1 Å². The van der Waals surface area contributed by atoms with Crippen LogP contribution in [0.15, 0.2) is 54.6 Å². The second-order valence-electron chi connectivity index (χ2n) is 6.15. The molecule has 0 saturated heterocycles. The average Bonchev–Trinajstić information content (AvgIpc) is 3.05. The molecule has 0 radical (unpaired) electrons. The molecule has 0 spiro atoms. The predicted molar refractivity (Wildman–Crippen MR) is 97.8 cm³/mol. The van der Waals surface area contributed by atoms with Crippen molar-refractivity contribution >= 4 is 11.6 Å². The van der Waals surface area contributed by atoms with Crippen molar-refractivity contribution in [3.8, 4) is 12.3 Å². The normalized spacial score (nSPS) is 15.8. The highest BCUT2D eigenvalue weighted by molar-refractivity contribution is 5.94. The van der Waals surface area contributed by atoms with E-state index in [4.69, 9.17) is 6.42 Å². The number of aryl methyl sites for hydroxylation is 1. The molecule has 3 nitrogen and oxygen atoms in total. The number of nitrogens with zero attached hydrogens (tertiary/aromatic N) is 2. The first-order valence-electron chi connectivity index (χ1n) is 8.27. The number of hydrogen-bond donors (Lipinski definition) is 0. The van der Waals surface area contributed by atoms with Crippen molar-refractivity contribution < 1.29 is 4.79 Å². The second kappa shape index (κ2) is 7.33. The molecule has 3 rings (SSSR count). The van der Waals surface area contributed by atoms with Crippen LogP contribution in [0.1, 0.15) is 23.6 Å². The van der Waals surface area contributed by atoms with Crippen molar-refractivity contribution in [3.63, 3.8) is 0 Å². The number of para-hydroxylation sites is 1. The predicted octanol–water partition coefficient (Wildman–Crippen LogP) is 3.27. The third-order valence-corrected chi connectivity index (χ3v) is 4.69. The van der Waals surface area contributed by atoms with E-state index in [0.717, 1.165) is 18.5 Å². The average molecular weight is 318 g/mol. The van der Waals surface area contributed by atoms with Crippen LogP contribution >= 0.6 is 0 Å². The maximum atomic E-state index is 12.7. The van der Waals surface area contributed by atoms with Gasteiger partial charge in [-0.25, -0.2) is 0 Å². The molecule has 1 unspecified atom stereocenters. The number of anilines is 1. The summed E-state index contributed by atoms with van der Waals surface area (Å²) >= 11 is 0. The Labute approximate surface area is 143 Å². The van der Waals surface area contributed by atoms with Crippen molar-refractivity contribution in [3.05, 3.63) is 65.7 Å². The Kier molecular flexibility index (Phi) is 4.98. The lowest BCUT2D eigenvalue weighted by Crippen LogP contribution is -2.40. The van der Waals surface area contributed by atoms with Gasteiger partial charge in [0.25, 0.3) is 0 Å². The molecule has 0 aromatic heterocycles. The molecule has 122 valence electrons. The van der Waals surface area contributed by atoms with Crippen LogP contribution in [0.3, 0.4) is 0 Å². The zero-order valence-electron chi connectivity index (χ0n) is 14.0. The van der Waals surface area contributed by atoms with Crippen LogP contribution in [0.5, 0.6) is 0 Å². The van der Waals surface area contributed by atoms with Crippen molar-refractivity contribution in [2.45, 2.75) is 18.9 Å². The summed E-state index contributed by atoms with van der Waals surface area (Å²) in [5.41, 5.74) is 3.58. The van der Waals surface area contributed by atoms with Gasteiger partial charge < -0.3 is 4.90 Å². The molecular weight excluding hydrogens is 296 g/mol. The van der Waals surface area contributed by atoms with Crippen LogP contribution in [0, 0.1) is 12.3 Å². The molecule has 0 aliphatic heterocycles. The summed E-state index contributed by atoms with van der Waals surface area (Å²) in [6.07, 6.45) is 7.63. The summed E-state index contributed by atoms with van der Waals surface area (Å²) in [4.78, 5) is 16.5. The summed E-state index contributed by atoms with van der Waals surface area (Å²) in [5.74, 6) is 2.77. The van der Waals surface area contributed by atoms with Gasteiger partial charge in [0.15, 0.2) is 0 Å². The van der Waals surface area contributed by atoms with Crippen molar-refractivity contribution in [1.82, 2.24) is 4.90 Å². The first-order chi connectivity index (χ1) is 11.7. The minimum atomic E-state index is 0.0563. The van der Waals surface area contributed by atoms with E-state index in [1.165, 1.54) is 11.1 Å². The molecule has 0 heterocycles. The molecule has 2 aromatic carbocycles. The van der Waals surface area contributed by atoms with E-state index in [-0.39, 0.29) is 11.9 Å². The van der Waals surface area contributed by atoms with Crippen LogP contribution in [0.4, 0.5) is 5.69 Å². The Morgan fingerprint density at radius 1 is 1.17 bits per heavy atom. The van der Waals surface area contributed by atoms with Crippen molar-refractivity contribution in [2.75, 3.05) is 25.0 Å². The smallest absolute Gasteiger partial charge is 0.240 e. The molecule has 1 atom stereocenters. The highest BCUT2D eigenvalue weighted by Gasteiger charge is 2.29. The molecule has 0 N–H and O–H groups in total. The Balaban J connectivity index is 1.76. The van der Waals surface area contributed by atoms with E-state index in [1.54, 1.807) is 4.90 Å². The number of likely N-dealkylation sites (N-methyl/N-ethyl adjacent to an activating group) is 1. The zero-order chi connectivity index (χ0) is 16.9. The van der Waals surface area contributed by atoms with E-state index >= 15 is 0 Å². The second-order valence-corrected chi connectivity index (χ2v) is 6.15. The minimum absolute atomic E-state index is 0.0563. The number of carbonyl (C=O) groups excluding carboxylic acids is 1. The molecule has 1 aliphatic rings. The lowest BCUT2D eigenvalue weighted by atomic mass is 10.1. The van der Waals surface area contributed by atoms with Crippen molar-refractivity contribution in [2.24, 2.45) is 0 Å². The maximum absolute atomic E-state index is 12.7. The quantitative estimate of drug-likeness (QED) is 0.790. The highest BCUT2D eigenvalue weighted by atomic mass is 16.2. The van der Waals surface area contributed by atoms with Gasteiger partial charge in [0.2, 0.25) is 5.91 Å². The monoisotopic (exact) mass is 318 g/mol. The number of hydrogen-bond acceptors (Lipinski definition) is 2. The molecule has 0 saturated carbocycles. The fourth-order valence-electron chi connectivity index (χ4n) is 3.38. The van der Waals surface area contributed by atoms with Crippen LogP contribution < -0.4 is 4.90 Å². The Bertz CT molecular complexity index is 748. The molecule has 0 fully saturated rings. The van der Waals surface area contributed by atoms with Crippen LogP contribution in [0.2, 0.25) is 0 Å². The molecule has 1 amide bonds. The van der Waals surface area contributed by atoms with E-state index in [1.807, 2.05) is 37.4 Å². The summed E-state index contributed by atoms with van der Waals surface area (Å²) < 4.78 is 0. The third kappa shape index (κ3) is 3.34. The number of benzene rings is 2. The van der Waals surface area contributed by atoms with Gasteiger partial charge in [0.05, 0.1) is 13.1 Å². The summed E-state index contributed by atoms with van der Waals surface area (Å²) in [6, 6.07) is 18.4. The Hall–Kier alpha value is -2.57. The van der Waals surface area contributed by atoms with E-state index in [9.17, 15) is 4.79 Å². The fraction of sp³-hybridized carbons (Fsp3) is 0.286. The van der Waals surface area contributed by atoms with Crippen LogP contribution in [-0.2, 0) is 11.2 Å². The maximum Gasteiger partial charge on any atom is 0.240 e. The number of fused-ring (bicyclic) bond motifs is 1. The first-order valence-corrected chi connectivity index (χ1v) is 8.27. The van der Waals surface area contributed by atoms with Gasteiger partial charge in [-0.3, -0.25) is 9.69 Å². The van der Waals surface area contributed by atoms with Gasteiger partial charge in [-0.15, -0.1) is 6.42 Å². The summed E-state index contributed by atoms with van der Waals surface area (Å²) in [7, 11) is 1.81. The third-order valence-electron chi connectivity index (χ3n) is 4.69. The van der Waals surface area contributed by atoms with Gasteiger partial charge in [0.1, 0.15) is 0 Å². The number of amides is 1. The van der Waals surface area contributed by atoms with E-state index in [0.29, 0.717) is 13.1 Å². The largest absolute Gasteiger partial charge is 0.314 e. The molecular formula is C21H22N2O. The number of carbonyl (C=O) groups is 1. The molecule has 24 heavy (non-hydrogen) atoms. The SMILES string of the molecule is C#CCN(CC(=O)N(C)c1ccccc1)C1CCc2ccccc21. The van der Waals surface area contributed by atoms with Crippen LogP contribution in [0.25, 0.3) is 0 Å². The summed E-state index contributed by atoms with van der Waals surface area (Å²) in [5, 5.41) is 0. The zero-order valence-corrected chi connectivity index (χ0v) is 14.0. The Morgan fingerprint density at radius 3 is 2.62 bits per heavy atom. The number of terminal acetylenes is 1. The van der Waals surface area contributed by atoms with Gasteiger partial charge in [0, 0.05) is 18.8 Å². The Morgan fingerprint density at radius 2 is 1.88 bits per heavy atom. The van der Waals surface area contributed by atoms with Gasteiger partial charge in [-0.1, -0.05) is 48.4 Å². The van der Waals surface area contributed by atoms with E-state index in [2.05, 4.69) is 35.1 Å². The highest BCUT2D eigenvalue weighted by Crippen LogP contribution is 2.35. The topological polar surface area (TPSA) is 23.6 Å². The molecule has 3 heteroatoms.